The van der Waals surface area contributed by atoms with Crippen LogP contribution in [0.5, 0.6) is 0 Å². The van der Waals surface area contributed by atoms with Crippen molar-refractivity contribution in [2.45, 2.75) is 26.7 Å². The van der Waals surface area contributed by atoms with Crippen molar-refractivity contribution in [1.82, 2.24) is 10.3 Å². The van der Waals surface area contributed by atoms with Gasteiger partial charge in [0, 0.05) is 6.54 Å². The minimum Gasteiger partial charge on any atom is -0.350 e. The number of hydrogen-bond donors (Lipinski definition) is 1. The summed E-state index contributed by atoms with van der Waals surface area (Å²) in [6.07, 6.45) is 2.40. The van der Waals surface area contributed by atoms with E-state index in [1.54, 1.807) is 18.2 Å². The van der Waals surface area contributed by atoms with Crippen molar-refractivity contribution in [3.8, 4) is 0 Å². The van der Waals surface area contributed by atoms with Crippen molar-refractivity contribution in [1.29, 1.82) is 0 Å². The van der Waals surface area contributed by atoms with Crippen molar-refractivity contribution < 1.29 is 4.79 Å². The fraction of sp³-hybridized carbons (Fsp3) is 0.538. The van der Waals surface area contributed by atoms with Crippen LogP contribution in [0.25, 0.3) is 0 Å². The highest BCUT2D eigenvalue weighted by atomic mass is 35.5. The maximum Gasteiger partial charge on any atom is 0.269 e. The summed E-state index contributed by atoms with van der Waals surface area (Å²) in [7, 11) is 0. The minimum atomic E-state index is -0.139. The van der Waals surface area contributed by atoms with Gasteiger partial charge < -0.3 is 5.32 Å². The molecule has 0 saturated heterocycles. The van der Waals surface area contributed by atoms with Gasteiger partial charge in [-0.15, -0.1) is 0 Å². The number of nitrogens with zero attached hydrogens (tertiary/aromatic N) is 1. The molecule has 17 heavy (non-hydrogen) atoms. The predicted octanol–water partition coefficient (Wildman–Crippen LogP) is 2.90. The molecule has 0 aliphatic heterocycles. The summed E-state index contributed by atoms with van der Waals surface area (Å²) in [6, 6.07) is 5.07. The number of carbonyl (C=O) groups excluding carboxylic acids is 1. The molecule has 1 N–H and O–H groups in total. The second-order valence-corrected chi connectivity index (χ2v) is 5.43. The van der Waals surface area contributed by atoms with Crippen LogP contribution in [0.4, 0.5) is 0 Å². The first-order valence-electron chi connectivity index (χ1n) is 5.94. The van der Waals surface area contributed by atoms with Crippen LogP contribution in [0.15, 0.2) is 18.2 Å². The van der Waals surface area contributed by atoms with E-state index in [-0.39, 0.29) is 5.91 Å². The number of nitrogens with one attached hydrogen (secondary N) is 1. The van der Waals surface area contributed by atoms with Gasteiger partial charge in [-0.25, -0.2) is 4.98 Å². The third kappa shape index (κ3) is 2.78. The summed E-state index contributed by atoms with van der Waals surface area (Å²) in [5.41, 5.74) is 0.700. The summed E-state index contributed by atoms with van der Waals surface area (Å²) >= 11 is 5.75. The largest absolute Gasteiger partial charge is 0.350 e. The zero-order valence-corrected chi connectivity index (χ0v) is 10.9. The normalized spacial score (nSPS) is 16.9. The Labute approximate surface area is 107 Å². The summed E-state index contributed by atoms with van der Waals surface area (Å²) in [6.45, 7) is 5.14. The van der Waals surface area contributed by atoms with Crippen molar-refractivity contribution in [2.24, 2.45) is 11.3 Å². The van der Waals surface area contributed by atoms with Crippen LogP contribution in [0.2, 0.25) is 5.15 Å². The molecule has 92 valence electrons. The quantitative estimate of drug-likeness (QED) is 0.838. The van der Waals surface area contributed by atoms with Gasteiger partial charge in [0.15, 0.2) is 0 Å². The topological polar surface area (TPSA) is 42.0 Å². The molecule has 1 amide bonds. The highest BCUT2D eigenvalue weighted by Gasteiger charge is 2.45. The number of hydrogen-bond acceptors (Lipinski definition) is 2. The first-order chi connectivity index (χ1) is 8.03. The number of amides is 1. The van der Waals surface area contributed by atoms with Gasteiger partial charge in [0.05, 0.1) is 0 Å². The molecule has 1 saturated carbocycles. The standard InChI is InChI=1S/C13H17ClN2O/c1-9(2)13(6-7-13)8-15-12(17)10-4-3-5-11(14)16-10/h3-5,9H,6-8H2,1-2H3,(H,15,17). The van der Waals surface area contributed by atoms with E-state index in [4.69, 9.17) is 11.6 Å². The number of rotatable bonds is 4. The summed E-state index contributed by atoms with van der Waals surface area (Å²) in [5.74, 6) is 0.467. The zero-order chi connectivity index (χ0) is 12.5. The molecule has 0 unspecified atom stereocenters. The number of pyridine rings is 1. The molecule has 1 fully saturated rings. The molecule has 4 heteroatoms. The van der Waals surface area contributed by atoms with Crippen LogP contribution < -0.4 is 5.32 Å². The molecule has 1 heterocycles. The molecule has 1 aliphatic carbocycles. The highest BCUT2D eigenvalue weighted by Crippen LogP contribution is 2.51. The summed E-state index contributed by atoms with van der Waals surface area (Å²) in [5, 5.41) is 3.30. The lowest BCUT2D eigenvalue weighted by Crippen LogP contribution is -2.33. The fourth-order valence-corrected chi connectivity index (χ4v) is 2.16. The third-order valence-corrected chi connectivity index (χ3v) is 3.88. The number of aromatic nitrogens is 1. The number of halogens is 1. The van der Waals surface area contributed by atoms with Crippen molar-refractivity contribution in [3.05, 3.63) is 29.0 Å². The SMILES string of the molecule is CC(C)C1(CNC(=O)c2cccc(Cl)n2)CC1. The highest BCUT2D eigenvalue weighted by molar-refractivity contribution is 6.29. The molecule has 0 bridgehead atoms. The van der Waals surface area contributed by atoms with E-state index in [9.17, 15) is 4.79 Å². The molecule has 0 atom stereocenters. The van der Waals surface area contributed by atoms with Crippen LogP contribution >= 0.6 is 11.6 Å². The fourth-order valence-electron chi connectivity index (χ4n) is 2.00. The van der Waals surface area contributed by atoms with E-state index in [0.29, 0.717) is 22.2 Å². The molecular weight excluding hydrogens is 236 g/mol. The maximum absolute atomic E-state index is 11.9. The summed E-state index contributed by atoms with van der Waals surface area (Å²) in [4.78, 5) is 15.9. The van der Waals surface area contributed by atoms with Gasteiger partial charge in [0.25, 0.3) is 5.91 Å². The molecule has 2 rings (SSSR count). The van der Waals surface area contributed by atoms with Crippen LogP contribution in [-0.2, 0) is 0 Å². The Morgan fingerprint density at radius 2 is 2.24 bits per heavy atom. The van der Waals surface area contributed by atoms with Gasteiger partial charge in [0.1, 0.15) is 10.8 Å². The second-order valence-electron chi connectivity index (χ2n) is 5.05. The minimum absolute atomic E-state index is 0.139. The molecule has 1 aliphatic rings. The Morgan fingerprint density at radius 3 is 2.76 bits per heavy atom. The van der Waals surface area contributed by atoms with E-state index in [1.807, 2.05) is 0 Å². The van der Waals surface area contributed by atoms with Crippen molar-refractivity contribution in [2.75, 3.05) is 6.54 Å². The maximum atomic E-state index is 11.9. The Morgan fingerprint density at radius 1 is 1.53 bits per heavy atom. The van der Waals surface area contributed by atoms with Gasteiger partial charge in [-0.3, -0.25) is 4.79 Å². The van der Waals surface area contributed by atoms with Crippen LogP contribution in [-0.4, -0.2) is 17.4 Å². The lowest BCUT2D eigenvalue weighted by Gasteiger charge is -2.19. The van der Waals surface area contributed by atoms with Gasteiger partial charge in [-0.1, -0.05) is 31.5 Å². The lowest BCUT2D eigenvalue weighted by molar-refractivity contribution is 0.0935. The molecule has 1 aromatic rings. The van der Waals surface area contributed by atoms with Crippen molar-refractivity contribution >= 4 is 17.5 Å². The average molecular weight is 253 g/mol. The monoisotopic (exact) mass is 252 g/mol. The predicted molar refractivity (Wildman–Crippen MR) is 68.1 cm³/mol. The van der Waals surface area contributed by atoms with E-state index in [1.165, 1.54) is 12.8 Å². The summed E-state index contributed by atoms with van der Waals surface area (Å²) < 4.78 is 0. The molecule has 3 nitrogen and oxygen atoms in total. The lowest BCUT2D eigenvalue weighted by atomic mass is 9.92. The first-order valence-corrected chi connectivity index (χ1v) is 6.32. The Balaban J connectivity index is 1.94. The Kier molecular flexibility index (Phi) is 3.38. The van der Waals surface area contributed by atoms with E-state index >= 15 is 0 Å². The first kappa shape index (κ1) is 12.4. The number of carbonyl (C=O) groups is 1. The van der Waals surface area contributed by atoms with E-state index < -0.39 is 0 Å². The third-order valence-electron chi connectivity index (χ3n) is 3.67. The zero-order valence-electron chi connectivity index (χ0n) is 10.2. The smallest absolute Gasteiger partial charge is 0.269 e. The molecule has 0 radical (unpaired) electrons. The van der Waals surface area contributed by atoms with Crippen LogP contribution in [0, 0.1) is 11.3 Å². The molecule has 0 spiro atoms. The molecule has 0 aromatic carbocycles. The van der Waals surface area contributed by atoms with Gasteiger partial charge in [-0.2, -0.15) is 0 Å². The van der Waals surface area contributed by atoms with Crippen LogP contribution in [0.1, 0.15) is 37.2 Å². The average Bonchev–Trinajstić information content (AvgIpc) is 3.07. The van der Waals surface area contributed by atoms with Crippen LogP contribution in [0.3, 0.4) is 0 Å². The second kappa shape index (κ2) is 4.65. The van der Waals surface area contributed by atoms with E-state index in [2.05, 4.69) is 24.1 Å². The van der Waals surface area contributed by atoms with Gasteiger partial charge >= 0.3 is 0 Å². The Hall–Kier alpha value is -1.09. The molecular formula is C13H17ClN2O. The van der Waals surface area contributed by atoms with Crippen molar-refractivity contribution in [3.63, 3.8) is 0 Å². The van der Waals surface area contributed by atoms with E-state index in [0.717, 1.165) is 6.54 Å². The van der Waals surface area contributed by atoms with Gasteiger partial charge in [-0.05, 0) is 36.3 Å². The Bertz CT molecular complexity index is 427. The molecule has 1 aromatic heterocycles. The van der Waals surface area contributed by atoms with Gasteiger partial charge in [0.2, 0.25) is 0 Å².